The van der Waals surface area contributed by atoms with Gasteiger partial charge in [0.15, 0.2) is 0 Å². The molecular formula is C9H17N3. The fourth-order valence-electron chi connectivity index (χ4n) is 1.80. The largest absolute Gasteiger partial charge is 0.329 e. The summed E-state index contributed by atoms with van der Waals surface area (Å²) in [6.45, 7) is 1.50. The molecule has 0 bridgehead atoms. The highest BCUT2D eigenvalue weighted by Gasteiger charge is 2.23. The van der Waals surface area contributed by atoms with Crippen molar-refractivity contribution in [3.63, 3.8) is 0 Å². The summed E-state index contributed by atoms with van der Waals surface area (Å²) in [7, 11) is 0. The molecule has 0 spiro atoms. The minimum Gasteiger partial charge on any atom is -0.329 e. The average molecular weight is 167 g/mol. The molecular weight excluding hydrogens is 150 g/mol. The summed E-state index contributed by atoms with van der Waals surface area (Å²) in [5, 5.41) is 12.2. The maximum atomic E-state index is 8.84. The van der Waals surface area contributed by atoms with Crippen LogP contribution in [0.4, 0.5) is 0 Å². The Kier molecular flexibility index (Phi) is 4.06. The summed E-state index contributed by atoms with van der Waals surface area (Å²) in [6.07, 6.45) is 4.65. The Morgan fingerprint density at radius 1 is 1.42 bits per heavy atom. The molecule has 0 radical (unpaired) electrons. The monoisotopic (exact) mass is 167 g/mol. The molecule has 0 aliphatic heterocycles. The van der Waals surface area contributed by atoms with Crippen LogP contribution in [-0.4, -0.2) is 19.1 Å². The first-order valence-electron chi connectivity index (χ1n) is 4.71. The second-order valence-electron chi connectivity index (χ2n) is 3.37. The van der Waals surface area contributed by atoms with E-state index in [2.05, 4.69) is 11.4 Å². The highest BCUT2D eigenvalue weighted by Crippen LogP contribution is 2.23. The Morgan fingerprint density at radius 2 is 2.17 bits per heavy atom. The van der Waals surface area contributed by atoms with Crippen LogP contribution in [-0.2, 0) is 0 Å². The molecule has 3 N–H and O–H groups in total. The molecule has 0 saturated heterocycles. The SMILES string of the molecule is N#CC1CCCCC1NCCN. The third-order valence-corrected chi connectivity index (χ3v) is 2.48. The van der Waals surface area contributed by atoms with Crippen LogP contribution in [0.3, 0.4) is 0 Å². The zero-order valence-electron chi connectivity index (χ0n) is 7.42. The van der Waals surface area contributed by atoms with Gasteiger partial charge in [0, 0.05) is 19.1 Å². The molecule has 0 aromatic carbocycles. The highest BCUT2D eigenvalue weighted by molar-refractivity contribution is 4.94. The quantitative estimate of drug-likeness (QED) is 0.647. The van der Waals surface area contributed by atoms with Crippen LogP contribution in [0.2, 0.25) is 0 Å². The lowest BCUT2D eigenvalue weighted by Gasteiger charge is -2.27. The van der Waals surface area contributed by atoms with Crippen LogP contribution in [0.15, 0.2) is 0 Å². The van der Waals surface area contributed by atoms with Gasteiger partial charge >= 0.3 is 0 Å². The number of hydrogen-bond donors (Lipinski definition) is 2. The van der Waals surface area contributed by atoms with Crippen molar-refractivity contribution in [2.24, 2.45) is 11.7 Å². The molecule has 2 unspecified atom stereocenters. The number of nitriles is 1. The molecule has 0 heterocycles. The van der Waals surface area contributed by atoms with Gasteiger partial charge in [0.05, 0.1) is 12.0 Å². The van der Waals surface area contributed by atoms with Crippen molar-refractivity contribution >= 4 is 0 Å². The third kappa shape index (κ3) is 2.47. The van der Waals surface area contributed by atoms with Gasteiger partial charge in [-0.15, -0.1) is 0 Å². The first-order chi connectivity index (χ1) is 5.88. The molecule has 12 heavy (non-hydrogen) atoms. The van der Waals surface area contributed by atoms with E-state index in [9.17, 15) is 0 Å². The predicted molar refractivity (Wildman–Crippen MR) is 48.4 cm³/mol. The number of hydrogen-bond acceptors (Lipinski definition) is 3. The Hall–Kier alpha value is -0.590. The van der Waals surface area contributed by atoms with Crippen LogP contribution in [0.5, 0.6) is 0 Å². The van der Waals surface area contributed by atoms with Crippen LogP contribution < -0.4 is 11.1 Å². The van der Waals surface area contributed by atoms with Gasteiger partial charge in [-0.05, 0) is 12.8 Å². The average Bonchev–Trinajstić information content (AvgIpc) is 2.15. The summed E-state index contributed by atoms with van der Waals surface area (Å²) >= 11 is 0. The zero-order valence-corrected chi connectivity index (χ0v) is 7.42. The normalized spacial score (nSPS) is 29.7. The second kappa shape index (κ2) is 5.13. The van der Waals surface area contributed by atoms with E-state index in [1.54, 1.807) is 0 Å². The Morgan fingerprint density at radius 3 is 2.83 bits per heavy atom. The molecule has 1 aliphatic carbocycles. The summed E-state index contributed by atoms with van der Waals surface area (Å²) in [4.78, 5) is 0. The van der Waals surface area contributed by atoms with Crippen molar-refractivity contribution in [1.82, 2.24) is 5.32 Å². The van der Waals surface area contributed by atoms with E-state index < -0.39 is 0 Å². The number of rotatable bonds is 3. The van der Waals surface area contributed by atoms with Gasteiger partial charge in [-0.3, -0.25) is 0 Å². The molecule has 1 saturated carbocycles. The lowest BCUT2D eigenvalue weighted by molar-refractivity contribution is 0.315. The predicted octanol–water partition coefficient (Wildman–Crippen LogP) is 0.617. The first-order valence-corrected chi connectivity index (χ1v) is 4.71. The lowest BCUT2D eigenvalue weighted by Crippen LogP contribution is -2.40. The third-order valence-electron chi connectivity index (χ3n) is 2.48. The molecule has 1 aliphatic rings. The van der Waals surface area contributed by atoms with Crippen LogP contribution in [0.1, 0.15) is 25.7 Å². The van der Waals surface area contributed by atoms with Gasteiger partial charge in [-0.2, -0.15) is 5.26 Å². The van der Waals surface area contributed by atoms with Crippen molar-refractivity contribution in [3.05, 3.63) is 0 Å². The van der Waals surface area contributed by atoms with Crippen molar-refractivity contribution in [2.75, 3.05) is 13.1 Å². The zero-order chi connectivity index (χ0) is 8.81. The summed E-state index contributed by atoms with van der Waals surface area (Å²) < 4.78 is 0. The van der Waals surface area contributed by atoms with E-state index in [-0.39, 0.29) is 5.92 Å². The molecule has 1 rings (SSSR count). The summed E-state index contributed by atoms with van der Waals surface area (Å²) in [5.74, 6) is 0.213. The van der Waals surface area contributed by atoms with Gasteiger partial charge in [0.2, 0.25) is 0 Å². The molecule has 3 heteroatoms. The van der Waals surface area contributed by atoms with Crippen molar-refractivity contribution in [2.45, 2.75) is 31.7 Å². The lowest BCUT2D eigenvalue weighted by atomic mass is 9.85. The van der Waals surface area contributed by atoms with Crippen molar-refractivity contribution < 1.29 is 0 Å². The van der Waals surface area contributed by atoms with Gasteiger partial charge in [0.25, 0.3) is 0 Å². The van der Waals surface area contributed by atoms with Crippen molar-refractivity contribution in [1.29, 1.82) is 5.26 Å². The smallest absolute Gasteiger partial charge is 0.0672 e. The van der Waals surface area contributed by atoms with E-state index >= 15 is 0 Å². The van der Waals surface area contributed by atoms with Gasteiger partial charge in [0.1, 0.15) is 0 Å². The minimum absolute atomic E-state index is 0.213. The summed E-state index contributed by atoms with van der Waals surface area (Å²) in [6, 6.07) is 2.76. The van der Waals surface area contributed by atoms with Gasteiger partial charge in [-0.1, -0.05) is 12.8 Å². The molecule has 68 valence electrons. The Labute approximate surface area is 73.9 Å². The van der Waals surface area contributed by atoms with E-state index in [1.807, 2.05) is 0 Å². The number of nitrogens with two attached hydrogens (primary N) is 1. The van der Waals surface area contributed by atoms with E-state index in [0.29, 0.717) is 12.6 Å². The molecule has 0 amide bonds. The number of nitrogens with one attached hydrogen (secondary N) is 1. The molecule has 0 aromatic heterocycles. The van der Waals surface area contributed by atoms with Gasteiger partial charge < -0.3 is 11.1 Å². The van der Waals surface area contributed by atoms with E-state index in [4.69, 9.17) is 11.0 Å². The molecule has 2 atom stereocenters. The Bertz CT molecular complexity index is 162. The maximum Gasteiger partial charge on any atom is 0.0672 e. The topological polar surface area (TPSA) is 61.8 Å². The van der Waals surface area contributed by atoms with Crippen LogP contribution >= 0.6 is 0 Å². The minimum atomic E-state index is 0.213. The van der Waals surface area contributed by atoms with Crippen LogP contribution in [0, 0.1) is 17.2 Å². The first kappa shape index (κ1) is 9.50. The van der Waals surface area contributed by atoms with E-state index in [0.717, 1.165) is 19.4 Å². The second-order valence-corrected chi connectivity index (χ2v) is 3.37. The Balaban J connectivity index is 2.32. The molecule has 1 fully saturated rings. The van der Waals surface area contributed by atoms with Gasteiger partial charge in [-0.25, -0.2) is 0 Å². The fourth-order valence-corrected chi connectivity index (χ4v) is 1.80. The molecule has 3 nitrogen and oxygen atoms in total. The standard InChI is InChI=1S/C9H17N3/c10-5-6-12-9-4-2-1-3-8(9)7-11/h8-9,12H,1-6,10H2. The maximum absolute atomic E-state index is 8.84. The summed E-state index contributed by atoms with van der Waals surface area (Å²) in [5.41, 5.74) is 5.39. The van der Waals surface area contributed by atoms with Crippen molar-refractivity contribution in [3.8, 4) is 6.07 Å². The van der Waals surface area contributed by atoms with E-state index in [1.165, 1.54) is 12.8 Å². The molecule has 0 aromatic rings. The number of nitrogens with zero attached hydrogens (tertiary/aromatic N) is 1. The van der Waals surface area contributed by atoms with Crippen LogP contribution in [0.25, 0.3) is 0 Å². The highest BCUT2D eigenvalue weighted by atomic mass is 14.9. The fraction of sp³-hybridized carbons (Fsp3) is 0.889.